The zero-order chi connectivity index (χ0) is 17.1. The maximum absolute atomic E-state index is 12.3. The van der Waals surface area contributed by atoms with Gasteiger partial charge >= 0.3 is 0 Å². The Labute approximate surface area is 146 Å². The summed E-state index contributed by atoms with van der Waals surface area (Å²) >= 11 is 6.05. The molecule has 1 aliphatic heterocycles. The maximum atomic E-state index is 12.3. The summed E-state index contributed by atoms with van der Waals surface area (Å²) in [5, 5.41) is 3.39. The van der Waals surface area contributed by atoms with Crippen LogP contribution in [0, 0.1) is 11.8 Å². The van der Waals surface area contributed by atoms with Crippen LogP contribution >= 0.6 is 11.6 Å². The van der Waals surface area contributed by atoms with Crippen molar-refractivity contribution in [3.8, 4) is 0 Å². The highest BCUT2D eigenvalue weighted by Gasteiger charge is 2.47. The Kier molecular flexibility index (Phi) is 5.19. The molecule has 3 rings (SSSR count). The minimum atomic E-state index is -0.189. The van der Waals surface area contributed by atoms with Gasteiger partial charge in [0.05, 0.1) is 11.8 Å². The van der Waals surface area contributed by atoms with Crippen LogP contribution in [0.5, 0.6) is 0 Å². The van der Waals surface area contributed by atoms with Gasteiger partial charge in [-0.1, -0.05) is 42.6 Å². The second kappa shape index (κ2) is 7.34. The molecule has 128 valence electrons. The third-order valence-corrected chi connectivity index (χ3v) is 5.30. The van der Waals surface area contributed by atoms with E-state index in [9.17, 15) is 14.4 Å². The van der Waals surface area contributed by atoms with Crippen molar-refractivity contribution in [2.45, 2.75) is 38.6 Å². The largest absolute Gasteiger partial charge is 0.352 e. The number of hydrogen-bond donors (Lipinski definition) is 1. The monoisotopic (exact) mass is 348 g/mol. The molecular formula is C18H21ClN2O3. The molecule has 5 nitrogen and oxygen atoms in total. The number of rotatable bonds is 5. The molecule has 1 N–H and O–H groups in total. The number of imide groups is 1. The fourth-order valence-corrected chi connectivity index (χ4v) is 3.79. The topological polar surface area (TPSA) is 66.5 Å². The summed E-state index contributed by atoms with van der Waals surface area (Å²) in [5.74, 6) is -0.688. The van der Waals surface area contributed by atoms with Crippen LogP contribution < -0.4 is 5.32 Å². The van der Waals surface area contributed by atoms with Crippen LogP contribution in [0.2, 0.25) is 5.02 Å². The van der Waals surface area contributed by atoms with Crippen LogP contribution in [0.25, 0.3) is 0 Å². The highest BCUT2D eigenvalue weighted by Crippen LogP contribution is 2.37. The second-order valence-electron chi connectivity index (χ2n) is 6.44. The molecule has 2 fully saturated rings. The van der Waals surface area contributed by atoms with Gasteiger partial charge in [0.25, 0.3) is 0 Å². The number of benzene rings is 1. The summed E-state index contributed by atoms with van der Waals surface area (Å²) in [6.45, 7) is 0.505. The standard InChI is InChI=1S/C18H21ClN2O3/c19-15-8-4-1-5-12(15)11-20-16(22)9-10-21-17(23)13-6-2-3-7-14(13)18(21)24/h1,4-5,8,13-14H,2-3,6-7,9-11H2,(H,20,22)/t13-,14+. The predicted octanol–water partition coefficient (Wildman–Crippen LogP) is 2.52. The summed E-state index contributed by atoms with van der Waals surface area (Å²) in [7, 11) is 0. The molecule has 1 saturated carbocycles. The van der Waals surface area contributed by atoms with Gasteiger partial charge in [-0.25, -0.2) is 0 Å². The van der Waals surface area contributed by atoms with Gasteiger partial charge in [0.15, 0.2) is 0 Å². The van der Waals surface area contributed by atoms with Gasteiger partial charge in [-0.05, 0) is 24.5 Å². The molecular weight excluding hydrogens is 328 g/mol. The van der Waals surface area contributed by atoms with Crippen LogP contribution in [0.3, 0.4) is 0 Å². The van der Waals surface area contributed by atoms with Gasteiger partial charge in [0.2, 0.25) is 17.7 Å². The minimum Gasteiger partial charge on any atom is -0.352 e. The molecule has 0 unspecified atom stereocenters. The molecule has 0 aromatic heterocycles. The first kappa shape index (κ1) is 17.0. The van der Waals surface area contributed by atoms with Gasteiger partial charge in [0, 0.05) is 24.5 Å². The number of carbonyl (C=O) groups excluding carboxylic acids is 3. The lowest BCUT2D eigenvalue weighted by atomic mass is 9.81. The number of amides is 3. The molecule has 6 heteroatoms. The van der Waals surface area contributed by atoms with Crippen LogP contribution in [-0.4, -0.2) is 29.2 Å². The van der Waals surface area contributed by atoms with E-state index in [0.717, 1.165) is 31.2 Å². The molecule has 2 aliphatic rings. The second-order valence-corrected chi connectivity index (χ2v) is 6.85. The van der Waals surface area contributed by atoms with E-state index in [0.29, 0.717) is 11.6 Å². The van der Waals surface area contributed by atoms with Crippen LogP contribution in [0.1, 0.15) is 37.7 Å². The Morgan fingerprint density at radius 3 is 2.38 bits per heavy atom. The summed E-state index contributed by atoms with van der Waals surface area (Å²) < 4.78 is 0. The average molecular weight is 349 g/mol. The lowest BCUT2D eigenvalue weighted by Gasteiger charge is -2.19. The highest BCUT2D eigenvalue weighted by molar-refractivity contribution is 6.31. The minimum absolute atomic E-state index is 0.0939. The lowest BCUT2D eigenvalue weighted by molar-refractivity contribution is -0.140. The molecule has 0 spiro atoms. The fraction of sp³-hybridized carbons (Fsp3) is 0.500. The number of likely N-dealkylation sites (tertiary alicyclic amines) is 1. The Bertz CT molecular complexity index is 637. The zero-order valence-corrected chi connectivity index (χ0v) is 14.2. The SMILES string of the molecule is O=C(CCN1C(=O)[C@H]2CCCC[C@H]2C1=O)NCc1ccccc1Cl. The smallest absolute Gasteiger partial charge is 0.233 e. The first-order chi connectivity index (χ1) is 11.6. The average Bonchev–Trinajstić information content (AvgIpc) is 2.84. The summed E-state index contributed by atoms with van der Waals surface area (Å²) in [6.07, 6.45) is 3.73. The highest BCUT2D eigenvalue weighted by atomic mass is 35.5. The maximum Gasteiger partial charge on any atom is 0.233 e. The van der Waals surface area contributed by atoms with Crippen molar-refractivity contribution in [2.75, 3.05) is 6.54 Å². The van der Waals surface area contributed by atoms with Crippen LogP contribution in [-0.2, 0) is 20.9 Å². The zero-order valence-electron chi connectivity index (χ0n) is 13.5. The van der Waals surface area contributed by atoms with Crippen molar-refractivity contribution in [3.63, 3.8) is 0 Å². The van der Waals surface area contributed by atoms with E-state index in [1.807, 2.05) is 18.2 Å². The predicted molar refractivity (Wildman–Crippen MR) is 90.1 cm³/mol. The first-order valence-corrected chi connectivity index (χ1v) is 8.81. The van der Waals surface area contributed by atoms with Crippen molar-refractivity contribution in [1.82, 2.24) is 10.2 Å². The Morgan fingerprint density at radius 2 is 1.75 bits per heavy atom. The van der Waals surface area contributed by atoms with E-state index < -0.39 is 0 Å². The van der Waals surface area contributed by atoms with Crippen molar-refractivity contribution < 1.29 is 14.4 Å². The fourth-order valence-electron chi connectivity index (χ4n) is 3.59. The van der Waals surface area contributed by atoms with Gasteiger partial charge in [-0.2, -0.15) is 0 Å². The number of nitrogens with one attached hydrogen (secondary N) is 1. The molecule has 24 heavy (non-hydrogen) atoms. The van der Waals surface area contributed by atoms with Crippen molar-refractivity contribution in [2.24, 2.45) is 11.8 Å². The van der Waals surface area contributed by atoms with E-state index in [1.54, 1.807) is 6.07 Å². The molecule has 3 amide bonds. The lowest BCUT2D eigenvalue weighted by Crippen LogP contribution is -2.35. The van der Waals surface area contributed by atoms with Gasteiger partial charge in [-0.3, -0.25) is 19.3 Å². The molecule has 1 aliphatic carbocycles. The van der Waals surface area contributed by atoms with Gasteiger partial charge in [-0.15, -0.1) is 0 Å². The van der Waals surface area contributed by atoms with E-state index in [4.69, 9.17) is 11.6 Å². The molecule has 0 radical (unpaired) electrons. The van der Waals surface area contributed by atoms with E-state index in [1.165, 1.54) is 4.90 Å². The summed E-state index contributed by atoms with van der Waals surface area (Å²) in [4.78, 5) is 38.0. The van der Waals surface area contributed by atoms with E-state index >= 15 is 0 Å². The van der Waals surface area contributed by atoms with Gasteiger partial charge < -0.3 is 5.32 Å². The molecule has 1 saturated heterocycles. The van der Waals surface area contributed by atoms with Crippen LogP contribution in [0.15, 0.2) is 24.3 Å². The molecule has 1 heterocycles. The number of carbonyl (C=O) groups is 3. The number of fused-ring (bicyclic) bond motifs is 1. The Balaban J connectivity index is 1.50. The van der Waals surface area contributed by atoms with Gasteiger partial charge in [0.1, 0.15) is 0 Å². The molecule has 2 atom stereocenters. The molecule has 1 aromatic carbocycles. The van der Waals surface area contributed by atoms with Crippen molar-refractivity contribution >= 4 is 29.3 Å². The molecule has 1 aromatic rings. The van der Waals surface area contributed by atoms with E-state index in [2.05, 4.69) is 5.32 Å². The summed E-state index contributed by atoms with van der Waals surface area (Å²) in [6, 6.07) is 7.31. The quantitative estimate of drug-likeness (QED) is 0.831. The normalized spacial score (nSPS) is 23.3. The first-order valence-electron chi connectivity index (χ1n) is 8.43. The third-order valence-electron chi connectivity index (χ3n) is 4.93. The third kappa shape index (κ3) is 3.46. The van der Waals surface area contributed by atoms with Crippen molar-refractivity contribution in [1.29, 1.82) is 0 Å². The Morgan fingerprint density at radius 1 is 1.12 bits per heavy atom. The molecule has 0 bridgehead atoms. The summed E-state index contributed by atoms with van der Waals surface area (Å²) in [5.41, 5.74) is 0.840. The van der Waals surface area contributed by atoms with Crippen molar-refractivity contribution in [3.05, 3.63) is 34.9 Å². The number of nitrogens with zero attached hydrogens (tertiary/aromatic N) is 1. The van der Waals surface area contributed by atoms with E-state index in [-0.39, 0.29) is 42.5 Å². The number of halogens is 1. The number of hydrogen-bond acceptors (Lipinski definition) is 3. The Hall–Kier alpha value is -1.88. The van der Waals surface area contributed by atoms with Crippen LogP contribution in [0.4, 0.5) is 0 Å².